The maximum Gasteiger partial charge on any atom is 0.256 e. The van der Waals surface area contributed by atoms with Crippen molar-refractivity contribution in [2.24, 2.45) is 0 Å². The number of carbonyl (C=O) groups is 3. The molecule has 1 aliphatic heterocycles. The van der Waals surface area contributed by atoms with Gasteiger partial charge in [-0.05, 0) is 49.6 Å². The van der Waals surface area contributed by atoms with Crippen molar-refractivity contribution in [3.63, 3.8) is 0 Å². The van der Waals surface area contributed by atoms with Crippen LogP contribution in [0.25, 0.3) is 0 Å². The number of fused-ring (bicyclic) bond motifs is 1. The van der Waals surface area contributed by atoms with Gasteiger partial charge >= 0.3 is 0 Å². The van der Waals surface area contributed by atoms with Crippen molar-refractivity contribution in [1.29, 1.82) is 0 Å². The van der Waals surface area contributed by atoms with Gasteiger partial charge in [-0.25, -0.2) is 0 Å². The summed E-state index contributed by atoms with van der Waals surface area (Å²) in [5.74, 6) is -0.898. The van der Waals surface area contributed by atoms with Gasteiger partial charge < -0.3 is 15.5 Å². The highest BCUT2D eigenvalue weighted by atomic mass is 35.5. The van der Waals surface area contributed by atoms with Crippen LogP contribution in [0.5, 0.6) is 0 Å². The predicted molar refractivity (Wildman–Crippen MR) is 120 cm³/mol. The number of hydrogen-bond acceptors (Lipinski definition) is 3. The first kappa shape index (κ1) is 21.4. The zero-order chi connectivity index (χ0) is 22.0. The van der Waals surface area contributed by atoms with E-state index >= 15 is 0 Å². The van der Waals surface area contributed by atoms with E-state index < -0.39 is 6.04 Å². The molecule has 1 aliphatic carbocycles. The van der Waals surface area contributed by atoms with Crippen LogP contribution in [0.2, 0.25) is 5.02 Å². The Labute approximate surface area is 187 Å². The molecule has 31 heavy (non-hydrogen) atoms. The first-order chi connectivity index (χ1) is 14.9. The Kier molecular flexibility index (Phi) is 6.28. The van der Waals surface area contributed by atoms with Crippen molar-refractivity contribution >= 4 is 35.0 Å². The van der Waals surface area contributed by atoms with Gasteiger partial charge in [0.05, 0.1) is 23.0 Å². The summed E-state index contributed by atoms with van der Waals surface area (Å²) in [6, 6.07) is 13.2. The van der Waals surface area contributed by atoms with Gasteiger partial charge in [0.25, 0.3) is 5.91 Å². The molecule has 0 radical (unpaired) electrons. The molecule has 3 atom stereocenters. The lowest BCUT2D eigenvalue weighted by Crippen LogP contribution is -2.68. The Hall–Kier alpha value is -2.86. The van der Waals surface area contributed by atoms with Gasteiger partial charge in [-0.2, -0.15) is 0 Å². The third kappa shape index (κ3) is 4.59. The number of halogens is 1. The average molecular weight is 440 g/mol. The van der Waals surface area contributed by atoms with Crippen LogP contribution in [0, 0.1) is 6.92 Å². The van der Waals surface area contributed by atoms with Crippen LogP contribution < -0.4 is 10.6 Å². The van der Waals surface area contributed by atoms with Crippen LogP contribution in [0.15, 0.2) is 48.5 Å². The smallest absolute Gasteiger partial charge is 0.256 e. The second-order valence-corrected chi connectivity index (χ2v) is 8.70. The van der Waals surface area contributed by atoms with Crippen LogP contribution in [0.3, 0.4) is 0 Å². The molecule has 2 fully saturated rings. The molecule has 3 amide bonds. The van der Waals surface area contributed by atoms with E-state index in [1.54, 1.807) is 35.2 Å². The lowest BCUT2D eigenvalue weighted by atomic mass is 9.84. The summed E-state index contributed by atoms with van der Waals surface area (Å²) in [6.45, 7) is 1.94. The fourth-order valence-corrected chi connectivity index (χ4v) is 4.83. The molecule has 6 nitrogen and oxygen atoms in total. The summed E-state index contributed by atoms with van der Waals surface area (Å²) in [4.78, 5) is 41.0. The maximum absolute atomic E-state index is 13.5. The Morgan fingerprint density at radius 1 is 1.13 bits per heavy atom. The summed E-state index contributed by atoms with van der Waals surface area (Å²) >= 11 is 6.30. The molecule has 1 saturated carbocycles. The summed E-state index contributed by atoms with van der Waals surface area (Å²) in [7, 11) is 0. The number of anilines is 1. The minimum atomic E-state index is -0.882. The third-order valence-corrected chi connectivity index (χ3v) is 6.40. The van der Waals surface area contributed by atoms with Crippen molar-refractivity contribution in [1.82, 2.24) is 10.2 Å². The molecule has 2 aromatic rings. The summed E-state index contributed by atoms with van der Waals surface area (Å²) in [5, 5.41) is 6.24. The topological polar surface area (TPSA) is 78.5 Å². The number of aryl methyl sites for hydroxylation is 1. The van der Waals surface area contributed by atoms with Crippen molar-refractivity contribution in [2.45, 2.75) is 57.2 Å². The van der Waals surface area contributed by atoms with E-state index in [1.165, 1.54) is 0 Å². The molecule has 1 saturated heterocycles. The van der Waals surface area contributed by atoms with Crippen molar-refractivity contribution in [3.05, 3.63) is 64.7 Å². The predicted octanol–water partition coefficient (Wildman–Crippen LogP) is 3.93. The van der Waals surface area contributed by atoms with E-state index in [-0.39, 0.29) is 36.2 Å². The largest absolute Gasteiger partial charge is 0.349 e. The molecule has 1 heterocycles. The minimum absolute atomic E-state index is 0.0937. The molecule has 7 heteroatoms. The molecule has 2 aliphatic rings. The highest BCUT2D eigenvalue weighted by Gasteiger charge is 2.46. The lowest BCUT2D eigenvalue weighted by molar-refractivity contribution is -0.135. The maximum atomic E-state index is 13.5. The van der Waals surface area contributed by atoms with E-state index in [0.29, 0.717) is 16.3 Å². The summed E-state index contributed by atoms with van der Waals surface area (Å²) < 4.78 is 0. The fraction of sp³-hybridized carbons (Fsp3) is 0.375. The number of nitrogens with one attached hydrogen (secondary N) is 2. The highest BCUT2D eigenvalue weighted by Crippen LogP contribution is 2.32. The van der Waals surface area contributed by atoms with Crippen molar-refractivity contribution in [2.75, 3.05) is 5.32 Å². The number of amides is 3. The lowest BCUT2D eigenvalue weighted by Gasteiger charge is -2.48. The van der Waals surface area contributed by atoms with E-state index in [4.69, 9.17) is 11.6 Å². The van der Waals surface area contributed by atoms with E-state index in [2.05, 4.69) is 10.6 Å². The van der Waals surface area contributed by atoms with Gasteiger partial charge in [0.1, 0.15) is 6.04 Å². The second kappa shape index (κ2) is 9.10. The van der Waals surface area contributed by atoms with Gasteiger partial charge in [-0.3, -0.25) is 14.4 Å². The van der Waals surface area contributed by atoms with Crippen LogP contribution in [0.4, 0.5) is 5.69 Å². The first-order valence-corrected chi connectivity index (χ1v) is 11.1. The van der Waals surface area contributed by atoms with Gasteiger partial charge in [0.15, 0.2) is 0 Å². The van der Waals surface area contributed by atoms with Gasteiger partial charge in [0, 0.05) is 11.7 Å². The number of hydrogen-bond donors (Lipinski definition) is 2. The summed E-state index contributed by atoms with van der Waals surface area (Å²) in [5.41, 5.74) is 2.04. The third-order valence-electron chi connectivity index (χ3n) is 6.07. The summed E-state index contributed by atoms with van der Waals surface area (Å²) in [6.07, 6.45) is 3.49. The molecule has 0 aromatic heterocycles. The zero-order valence-corrected chi connectivity index (χ0v) is 18.2. The fourth-order valence-electron chi connectivity index (χ4n) is 4.62. The van der Waals surface area contributed by atoms with Crippen LogP contribution in [0.1, 0.15) is 48.0 Å². The van der Waals surface area contributed by atoms with Crippen molar-refractivity contribution in [3.8, 4) is 0 Å². The quantitative estimate of drug-likeness (QED) is 0.757. The molecule has 0 spiro atoms. The zero-order valence-electron chi connectivity index (χ0n) is 17.4. The Morgan fingerprint density at radius 3 is 2.68 bits per heavy atom. The minimum Gasteiger partial charge on any atom is -0.349 e. The number of piperazine rings is 1. The van der Waals surface area contributed by atoms with Crippen molar-refractivity contribution < 1.29 is 14.4 Å². The first-order valence-electron chi connectivity index (χ1n) is 10.7. The van der Waals surface area contributed by atoms with Gasteiger partial charge in [-0.15, -0.1) is 0 Å². The van der Waals surface area contributed by atoms with Crippen LogP contribution in [-0.4, -0.2) is 40.7 Å². The standard InChI is InChI=1S/C24H26ClN3O3/c1-15-7-6-8-16(13-15)26-22(29)14-21-23(30)27-19-11-4-5-12-20(19)28(21)24(31)17-9-2-3-10-18(17)25/h2-3,6-10,13,19-21H,4-5,11-12,14H2,1H3,(H,26,29)(H,27,30)/t19-,20+,21-/m1/s1. The monoisotopic (exact) mass is 439 g/mol. The molecular formula is C24H26ClN3O3. The Balaban J connectivity index is 1.61. The van der Waals surface area contributed by atoms with E-state index in [9.17, 15) is 14.4 Å². The molecule has 0 bridgehead atoms. The van der Waals surface area contributed by atoms with E-state index in [0.717, 1.165) is 31.2 Å². The Bertz CT molecular complexity index is 1010. The molecule has 2 aromatic carbocycles. The molecule has 0 unspecified atom stereocenters. The van der Waals surface area contributed by atoms with Crippen LogP contribution in [-0.2, 0) is 9.59 Å². The van der Waals surface area contributed by atoms with Crippen LogP contribution >= 0.6 is 11.6 Å². The number of rotatable bonds is 4. The van der Waals surface area contributed by atoms with E-state index in [1.807, 2.05) is 25.1 Å². The van der Waals surface area contributed by atoms with Gasteiger partial charge in [0.2, 0.25) is 11.8 Å². The molecule has 162 valence electrons. The Morgan fingerprint density at radius 2 is 1.90 bits per heavy atom. The molecular weight excluding hydrogens is 414 g/mol. The molecule has 2 N–H and O–H groups in total. The highest BCUT2D eigenvalue weighted by molar-refractivity contribution is 6.33. The van der Waals surface area contributed by atoms with Gasteiger partial charge in [-0.1, -0.05) is 48.7 Å². The number of carbonyl (C=O) groups excluding carboxylic acids is 3. The normalized spacial score (nSPS) is 23.0. The average Bonchev–Trinajstić information content (AvgIpc) is 2.74. The molecule has 4 rings (SSSR count). The number of benzene rings is 2. The SMILES string of the molecule is Cc1cccc(NC(=O)C[C@@H]2C(=O)N[C@@H]3CCCC[C@@H]3N2C(=O)c2ccccc2Cl)c1. The second-order valence-electron chi connectivity index (χ2n) is 8.30. The number of nitrogens with zero attached hydrogens (tertiary/aromatic N) is 1.